The van der Waals surface area contributed by atoms with Crippen molar-refractivity contribution < 1.29 is 5.11 Å². The van der Waals surface area contributed by atoms with E-state index in [4.69, 9.17) is 0 Å². The zero-order valence-corrected chi connectivity index (χ0v) is 12.5. The third-order valence-corrected chi connectivity index (χ3v) is 5.56. The summed E-state index contributed by atoms with van der Waals surface area (Å²) in [5.74, 6) is 0.768. The fourth-order valence-electron chi connectivity index (χ4n) is 3.95. The van der Waals surface area contributed by atoms with Gasteiger partial charge in [0.2, 0.25) is 0 Å². The van der Waals surface area contributed by atoms with E-state index >= 15 is 0 Å². The minimum Gasteiger partial charge on any atom is -0.393 e. The number of hydrogen-bond donors (Lipinski definition) is 1. The van der Waals surface area contributed by atoms with Crippen molar-refractivity contribution in [3.05, 3.63) is 0 Å². The molecule has 0 aromatic carbocycles. The van der Waals surface area contributed by atoms with Crippen LogP contribution in [0.4, 0.5) is 0 Å². The van der Waals surface area contributed by atoms with E-state index in [1.54, 1.807) is 0 Å². The highest BCUT2D eigenvalue weighted by Gasteiger charge is 2.41. The Bertz CT molecular complexity index is 258. The Hall–Kier alpha value is -0.0800. The van der Waals surface area contributed by atoms with Crippen molar-refractivity contribution in [3.8, 4) is 0 Å². The summed E-state index contributed by atoms with van der Waals surface area (Å²) in [7, 11) is 0. The number of nitrogens with zero attached hydrogens (tertiary/aromatic N) is 1. The third kappa shape index (κ3) is 3.08. The van der Waals surface area contributed by atoms with E-state index in [-0.39, 0.29) is 6.10 Å². The highest BCUT2D eigenvalue weighted by molar-refractivity contribution is 4.94. The van der Waals surface area contributed by atoms with Crippen molar-refractivity contribution >= 4 is 0 Å². The molecule has 2 aliphatic rings. The molecule has 2 fully saturated rings. The second kappa shape index (κ2) is 5.92. The van der Waals surface area contributed by atoms with E-state index in [2.05, 4.69) is 25.7 Å². The second-order valence-electron chi connectivity index (χ2n) is 7.08. The lowest BCUT2D eigenvalue weighted by atomic mass is 9.66. The Morgan fingerprint density at radius 2 is 1.78 bits per heavy atom. The Morgan fingerprint density at radius 3 is 2.39 bits per heavy atom. The number of hydrogen-bond acceptors (Lipinski definition) is 2. The molecule has 0 bridgehead atoms. The summed E-state index contributed by atoms with van der Waals surface area (Å²) < 4.78 is 0. The molecule has 3 unspecified atom stereocenters. The topological polar surface area (TPSA) is 23.5 Å². The number of rotatable bonds is 3. The van der Waals surface area contributed by atoms with Crippen LogP contribution in [0, 0.1) is 11.3 Å². The lowest BCUT2D eigenvalue weighted by molar-refractivity contribution is -0.0241. The molecule has 106 valence electrons. The smallest absolute Gasteiger partial charge is 0.0555 e. The Labute approximate surface area is 113 Å². The van der Waals surface area contributed by atoms with Gasteiger partial charge in [0.25, 0.3) is 0 Å². The molecular formula is C16H31NO. The fraction of sp³-hybridized carbons (Fsp3) is 1.00. The quantitative estimate of drug-likeness (QED) is 0.833. The maximum Gasteiger partial charge on any atom is 0.0555 e. The van der Waals surface area contributed by atoms with Crippen LogP contribution in [0.5, 0.6) is 0 Å². The van der Waals surface area contributed by atoms with Crippen molar-refractivity contribution in [3.63, 3.8) is 0 Å². The van der Waals surface area contributed by atoms with Crippen LogP contribution in [0.1, 0.15) is 65.7 Å². The van der Waals surface area contributed by atoms with Gasteiger partial charge in [0, 0.05) is 6.04 Å². The summed E-state index contributed by atoms with van der Waals surface area (Å²) >= 11 is 0. The molecule has 0 amide bonds. The van der Waals surface area contributed by atoms with Crippen LogP contribution >= 0.6 is 0 Å². The summed E-state index contributed by atoms with van der Waals surface area (Å²) in [6, 6.07) is 0.629. The van der Waals surface area contributed by atoms with Crippen LogP contribution in [-0.4, -0.2) is 35.2 Å². The van der Waals surface area contributed by atoms with E-state index in [1.807, 2.05) is 0 Å². The van der Waals surface area contributed by atoms with E-state index in [1.165, 1.54) is 45.2 Å². The predicted molar refractivity (Wildman–Crippen MR) is 76.6 cm³/mol. The molecule has 1 saturated heterocycles. The average molecular weight is 253 g/mol. The Balaban J connectivity index is 2.10. The van der Waals surface area contributed by atoms with Gasteiger partial charge in [-0.25, -0.2) is 0 Å². The van der Waals surface area contributed by atoms with E-state index in [9.17, 15) is 5.11 Å². The zero-order chi connectivity index (χ0) is 13.2. The summed E-state index contributed by atoms with van der Waals surface area (Å²) in [4.78, 5) is 2.69. The van der Waals surface area contributed by atoms with Crippen molar-refractivity contribution in [2.75, 3.05) is 13.1 Å². The van der Waals surface area contributed by atoms with Crippen LogP contribution in [0.2, 0.25) is 0 Å². The molecule has 0 aromatic rings. The Morgan fingerprint density at radius 1 is 1.11 bits per heavy atom. The van der Waals surface area contributed by atoms with Gasteiger partial charge < -0.3 is 5.11 Å². The number of likely N-dealkylation sites (tertiary alicyclic amines) is 1. The summed E-state index contributed by atoms with van der Waals surface area (Å²) in [6.07, 6.45) is 8.53. The SMILES string of the molecule is CCC(C)(C)C1CCC(O)CC1N1CCCCC1. The summed E-state index contributed by atoms with van der Waals surface area (Å²) in [6.45, 7) is 9.68. The molecule has 0 radical (unpaired) electrons. The molecule has 1 saturated carbocycles. The van der Waals surface area contributed by atoms with Crippen LogP contribution in [0.25, 0.3) is 0 Å². The van der Waals surface area contributed by atoms with Crippen LogP contribution in [-0.2, 0) is 0 Å². The van der Waals surface area contributed by atoms with Crippen LogP contribution in [0.15, 0.2) is 0 Å². The van der Waals surface area contributed by atoms with Gasteiger partial charge in [-0.2, -0.15) is 0 Å². The highest BCUT2D eigenvalue weighted by atomic mass is 16.3. The highest BCUT2D eigenvalue weighted by Crippen LogP contribution is 2.43. The first kappa shape index (κ1) is 14.3. The summed E-state index contributed by atoms with van der Waals surface area (Å²) in [5.41, 5.74) is 0.419. The molecule has 2 nitrogen and oxygen atoms in total. The molecular weight excluding hydrogens is 222 g/mol. The molecule has 1 aliphatic heterocycles. The monoisotopic (exact) mass is 253 g/mol. The molecule has 3 atom stereocenters. The number of aliphatic hydroxyl groups excluding tert-OH is 1. The molecule has 1 heterocycles. The normalized spacial score (nSPS) is 35.7. The molecule has 0 spiro atoms. The van der Waals surface area contributed by atoms with E-state index in [0.717, 1.165) is 18.8 Å². The van der Waals surface area contributed by atoms with Gasteiger partial charge in [0.15, 0.2) is 0 Å². The van der Waals surface area contributed by atoms with E-state index in [0.29, 0.717) is 11.5 Å². The molecule has 1 aliphatic carbocycles. The standard InChI is InChI=1S/C16H31NO/c1-4-16(2,3)14-9-8-13(18)12-15(14)17-10-6-5-7-11-17/h13-15,18H,4-12H2,1-3H3. The van der Waals surface area contributed by atoms with Gasteiger partial charge >= 0.3 is 0 Å². The van der Waals surface area contributed by atoms with Crippen molar-refractivity contribution in [2.45, 2.75) is 77.9 Å². The number of aliphatic hydroxyl groups is 1. The molecule has 2 rings (SSSR count). The van der Waals surface area contributed by atoms with Crippen LogP contribution in [0.3, 0.4) is 0 Å². The van der Waals surface area contributed by atoms with Gasteiger partial charge in [0.1, 0.15) is 0 Å². The first-order chi connectivity index (χ1) is 8.54. The Kier molecular flexibility index (Phi) is 4.71. The van der Waals surface area contributed by atoms with Gasteiger partial charge in [-0.1, -0.05) is 33.6 Å². The largest absolute Gasteiger partial charge is 0.393 e. The van der Waals surface area contributed by atoms with Gasteiger partial charge in [0.05, 0.1) is 6.10 Å². The maximum absolute atomic E-state index is 10.0. The molecule has 2 heteroatoms. The minimum absolute atomic E-state index is 0.0548. The van der Waals surface area contributed by atoms with Gasteiger partial charge in [-0.05, 0) is 56.5 Å². The average Bonchev–Trinajstić information content (AvgIpc) is 2.39. The van der Waals surface area contributed by atoms with Gasteiger partial charge in [-0.15, -0.1) is 0 Å². The lowest BCUT2D eigenvalue weighted by Crippen LogP contribution is -2.51. The first-order valence-corrected chi connectivity index (χ1v) is 7.96. The first-order valence-electron chi connectivity index (χ1n) is 7.96. The van der Waals surface area contributed by atoms with Crippen LogP contribution < -0.4 is 0 Å². The second-order valence-corrected chi connectivity index (χ2v) is 7.08. The minimum atomic E-state index is -0.0548. The van der Waals surface area contributed by atoms with Crippen molar-refractivity contribution in [1.29, 1.82) is 0 Å². The maximum atomic E-state index is 10.0. The predicted octanol–water partition coefficient (Wildman–Crippen LogP) is 3.44. The number of piperidine rings is 1. The summed E-state index contributed by atoms with van der Waals surface area (Å²) in [5, 5.41) is 10.0. The lowest BCUT2D eigenvalue weighted by Gasteiger charge is -2.49. The molecule has 0 aromatic heterocycles. The zero-order valence-electron chi connectivity index (χ0n) is 12.5. The van der Waals surface area contributed by atoms with Crippen molar-refractivity contribution in [1.82, 2.24) is 4.90 Å². The van der Waals surface area contributed by atoms with Crippen molar-refractivity contribution in [2.24, 2.45) is 11.3 Å². The fourth-order valence-corrected chi connectivity index (χ4v) is 3.95. The third-order valence-electron chi connectivity index (χ3n) is 5.56. The van der Waals surface area contributed by atoms with Gasteiger partial charge in [-0.3, -0.25) is 4.90 Å². The molecule has 1 N–H and O–H groups in total. The molecule has 18 heavy (non-hydrogen) atoms. The van der Waals surface area contributed by atoms with E-state index < -0.39 is 0 Å².